The van der Waals surface area contributed by atoms with Crippen LogP contribution in [0.2, 0.25) is 0 Å². The molecule has 0 spiro atoms. The number of piperazine rings is 1. The standard InChI is InChI=1S/C13H28N2O3/c1-13(2)12-15(5-4-14-13)6-7-17-10-11-18-9-8-16-3/h14H,4-12H2,1-3H3. The van der Waals surface area contributed by atoms with Crippen LogP contribution in [0.1, 0.15) is 13.8 Å². The zero-order valence-corrected chi connectivity index (χ0v) is 12.0. The predicted octanol–water partition coefficient (Wildman–Crippen LogP) is 0.350. The van der Waals surface area contributed by atoms with Gasteiger partial charge in [-0.05, 0) is 13.8 Å². The van der Waals surface area contributed by atoms with Gasteiger partial charge in [0.15, 0.2) is 0 Å². The number of hydrogen-bond acceptors (Lipinski definition) is 5. The first-order chi connectivity index (χ1) is 8.64. The van der Waals surface area contributed by atoms with Crippen LogP contribution in [0.5, 0.6) is 0 Å². The number of ether oxygens (including phenoxy) is 3. The molecule has 0 radical (unpaired) electrons. The van der Waals surface area contributed by atoms with E-state index in [9.17, 15) is 0 Å². The van der Waals surface area contributed by atoms with Crippen molar-refractivity contribution >= 4 is 0 Å². The fraction of sp³-hybridized carbons (Fsp3) is 1.00. The molecular formula is C13H28N2O3. The maximum Gasteiger partial charge on any atom is 0.0701 e. The zero-order chi connectivity index (χ0) is 13.3. The molecule has 0 aliphatic carbocycles. The third-order valence-electron chi connectivity index (χ3n) is 3.01. The molecule has 0 aromatic heterocycles. The Hall–Kier alpha value is -0.200. The van der Waals surface area contributed by atoms with E-state index in [1.54, 1.807) is 7.11 Å². The smallest absolute Gasteiger partial charge is 0.0701 e. The molecular weight excluding hydrogens is 232 g/mol. The molecule has 1 saturated heterocycles. The Morgan fingerprint density at radius 2 is 1.72 bits per heavy atom. The Morgan fingerprint density at radius 3 is 2.39 bits per heavy atom. The van der Waals surface area contributed by atoms with Crippen molar-refractivity contribution in [1.82, 2.24) is 10.2 Å². The summed E-state index contributed by atoms with van der Waals surface area (Å²) in [5, 5.41) is 3.50. The van der Waals surface area contributed by atoms with Gasteiger partial charge in [-0.25, -0.2) is 0 Å². The van der Waals surface area contributed by atoms with Gasteiger partial charge in [-0.15, -0.1) is 0 Å². The third kappa shape index (κ3) is 7.28. The molecule has 18 heavy (non-hydrogen) atoms. The molecule has 1 rings (SSSR count). The Bertz CT molecular complexity index is 212. The van der Waals surface area contributed by atoms with Gasteiger partial charge in [0.25, 0.3) is 0 Å². The molecule has 1 aliphatic heterocycles. The van der Waals surface area contributed by atoms with Crippen LogP contribution in [0.3, 0.4) is 0 Å². The highest BCUT2D eigenvalue weighted by molar-refractivity contribution is 4.86. The second-order valence-electron chi connectivity index (χ2n) is 5.30. The molecule has 0 saturated carbocycles. The molecule has 1 heterocycles. The number of methoxy groups -OCH3 is 1. The van der Waals surface area contributed by atoms with E-state index in [0.29, 0.717) is 26.4 Å². The molecule has 5 nitrogen and oxygen atoms in total. The highest BCUT2D eigenvalue weighted by atomic mass is 16.5. The molecule has 0 aromatic rings. The molecule has 0 atom stereocenters. The van der Waals surface area contributed by atoms with E-state index >= 15 is 0 Å². The van der Waals surface area contributed by atoms with E-state index in [4.69, 9.17) is 14.2 Å². The highest BCUT2D eigenvalue weighted by Crippen LogP contribution is 2.09. The van der Waals surface area contributed by atoms with Crippen LogP contribution in [0.15, 0.2) is 0 Å². The summed E-state index contributed by atoms with van der Waals surface area (Å²) in [5.41, 5.74) is 0.224. The van der Waals surface area contributed by atoms with E-state index in [2.05, 4.69) is 24.1 Å². The minimum absolute atomic E-state index is 0.224. The highest BCUT2D eigenvalue weighted by Gasteiger charge is 2.24. The molecule has 0 bridgehead atoms. The topological polar surface area (TPSA) is 43.0 Å². The Morgan fingerprint density at radius 1 is 1.06 bits per heavy atom. The third-order valence-corrected chi connectivity index (χ3v) is 3.01. The first-order valence-electron chi connectivity index (χ1n) is 6.76. The number of hydrogen-bond donors (Lipinski definition) is 1. The summed E-state index contributed by atoms with van der Waals surface area (Å²) in [5.74, 6) is 0. The van der Waals surface area contributed by atoms with Crippen molar-refractivity contribution in [3.05, 3.63) is 0 Å². The molecule has 0 aromatic carbocycles. The largest absolute Gasteiger partial charge is 0.382 e. The van der Waals surface area contributed by atoms with Gasteiger partial charge in [0.2, 0.25) is 0 Å². The van der Waals surface area contributed by atoms with E-state index in [0.717, 1.165) is 32.8 Å². The second kappa shape index (κ2) is 8.82. The van der Waals surface area contributed by atoms with Gasteiger partial charge >= 0.3 is 0 Å². The Kier molecular flexibility index (Phi) is 7.77. The molecule has 0 amide bonds. The van der Waals surface area contributed by atoms with Gasteiger partial charge in [0, 0.05) is 38.8 Å². The predicted molar refractivity (Wildman–Crippen MR) is 72.0 cm³/mol. The lowest BCUT2D eigenvalue weighted by atomic mass is 10.0. The Labute approximate surface area is 111 Å². The average Bonchev–Trinajstić information content (AvgIpc) is 2.31. The van der Waals surface area contributed by atoms with Crippen LogP contribution in [0.4, 0.5) is 0 Å². The Balaban J connectivity index is 1.91. The SMILES string of the molecule is COCCOCCOCCN1CCNC(C)(C)C1. The minimum atomic E-state index is 0.224. The quantitative estimate of drug-likeness (QED) is 0.606. The molecule has 1 N–H and O–H groups in total. The number of nitrogens with one attached hydrogen (secondary N) is 1. The van der Waals surface area contributed by atoms with Gasteiger partial charge in [-0.1, -0.05) is 0 Å². The summed E-state index contributed by atoms with van der Waals surface area (Å²) < 4.78 is 15.8. The lowest BCUT2D eigenvalue weighted by Crippen LogP contribution is -2.57. The summed E-state index contributed by atoms with van der Waals surface area (Å²) in [6.07, 6.45) is 0. The minimum Gasteiger partial charge on any atom is -0.382 e. The molecule has 1 fully saturated rings. The summed E-state index contributed by atoms with van der Waals surface area (Å²) in [6.45, 7) is 12.1. The van der Waals surface area contributed by atoms with Crippen LogP contribution >= 0.6 is 0 Å². The zero-order valence-electron chi connectivity index (χ0n) is 12.0. The van der Waals surface area contributed by atoms with Crippen molar-refractivity contribution in [2.24, 2.45) is 0 Å². The van der Waals surface area contributed by atoms with Crippen molar-refractivity contribution in [2.45, 2.75) is 19.4 Å². The fourth-order valence-electron chi connectivity index (χ4n) is 2.10. The van der Waals surface area contributed by atoms with Crippen LogP contribution in [-0.2, 0) is 14.2 Å². The fourth-order valence-corrected chi connectivity index (χ4v) is 2.10. The summed E-state index contributed by atoms with van der Waals surface area (Å²) >= 11 is 0. The van der Waals surface area contributed by atoms with E-state index in [-0.39, 0.29) is 5.54 Å². The van der Waals surface area contributed by atoms with Crippen molar-refractivity contribution in [3.8, 4) is 0 Å². The van der Waals surface area contributed by atoms with Gasteiger partial charge in [0.05, 0.1) is 33.0 Å². The summed E-state index contributed by atoms with van der Waals surface area (Å²) in [4.78, 5) is 2.45. The van der Waals surface area contributed by atoms with Gasteiger partial charge in [-0.2, -0.15) is 0 Å². The monoisotopic (exact) mass is 260 g/mol. The molecule has 5 heteroatoms. The van der Waals surface area contributed by atoms with Crippen molar-refractivity contribution in [3.63, 3.8) is 0 Å². The average molecular weight is 260 g/mol. The van der Waals surface area contributed by atoms with E-state index in [1.807, 2.05) is 0 Å². The van der Waals surface area contributed by atoms with Crippen LogP contribution in [0, 0.1) is 0 Å². The van der Waals surface area contributed by atoms with E-state index in [1.165, 1.54) is 0 Å². The molecule has 1 aliphatic rings. The first kappa shape index (κ1) is 15.9. The van der Waals surface area contributed by atoms with Crippen LogP contribution in [-0.4, -0.2) is 76.8 Å². The summed E-state index contributed by atoms with van der Waals surface area (Å²) in [7, 11) is 1.68. The van der Waals surface area contributed by atoms with Gasteiger partial charge in [0.1, 0.15) is 0 Å². The van der Waals surface area contributed by atoms with E-state index < -0.39 is 0 Å². The van der Waals surface area contributed by atoms with Gasteiger partial charge < -0.3 is 19.5 Å². The normalized spacial score (nSPS) is 20.2. The second-order valence-corrected chi connectivity index (χ2v) is 5.30. The van der Waals surface area contributed by atoms with Crippen molar-refractivity contribution < 1.29 is 14.2 Å². The summed E-state index contributed by atoms with van der Waals surface area (Å²) in [6, 6.07) is 0. The van der Waals surface area contributed by atoms with Gasteiger partial charge in [-0.3, -0.25) is 4.90 Å². The number of rotatable bonds is 9. The van der Waals surface area contributed by atoms with Crippen LogP contribution in [0.25, 0.3) is 0 Å². The lowest BCUT2D eigenvalue weighted by Gasteiger charge is -2.39. The maximum atomic E-state index is 5.56. The first-order valence-corrected chi connectivity index (χ1v) is 6.76. The molecule has 108 valence electrons. The van der Waals surface area contributed by atoms with Crippen molar-refractivity contribution in [2.75, 3.05) is 66.3 Å². The molecule has 0 unspecified atom stereocenters. The van der Waals surface area contributed by atoms with Crippen molar-refractivity contribution in [1.29, 1.82) is 0 Å². The van der Waals surface area contributed by atoms with Crippen LogP contribution < -0.4 is 5.32 Å². The lowest BCUT2D eigenvalue weighted by molar-refractivity contribution is 0.0160. The number of nitrogens with zero attached hydrogens (tertiary/aromatic N) is 1. The maximum absolute atomic E-state index is 5.56.